The highest BCUT2D eigenvalue weighted by atomic mass is 33.1. The third-order valence-corrected chi connectivity index (χ3v) is 9.52. The molecule has 2 saturated heterocycles. The van der Waals surface area contributed by atoms with Crippen molar-refractivity contribution >= 4 is 38.8 Å². The largest absolute Gasteiger partial charge is 0.340 e. The van der Waals surface area contributed by atoms with E-state index < -0.39 is 0 Å². The molecule has 0 aliphatic carbocycles. The molecular formula is C22H29N3OS3. The Hall–Kier alpha value is -1.02. The van der Waals surface area contributed by atoms with Crippen molar-refractivity contribution in [3.8, 4) is 10.6 Å². The fourth-order valence-electron chi connectivity index (χ4n) is 3.85. The average molecular weight is 448 g/mol. The number of piperazine rings is 1. The number of rotatable bonds is 8. The van der Waals surface area contributed by atoms with Gasteiger partial charge in [0.15, 0.2) is 0 Å². The van der Waals surface area contributed by atoms with E-state index in [1.54, 1.807) is 11.3 Å². The predicted octanol–water partition coefficient (Wildman–Crippen LogP) is 5.17. The van der Waals surface area contributed by atoms with Gasteiger partial charge in [-0.15, -0.1) is 11.3 Å². The van der Waals surface area contributed by atoms with Crippen LogP contribution in [0.1, 0.15) is 37.8 Å². The summed E-state index contributed by atoms with van der Waals surface area (Å²) in [6.07, 6.45) is 5.57. The maximum Gasteiger partial charge on any atom is 0.222 e. The van der Waals surface area contributed by atoms with Crippen LogP contribution >= 0.6 is 32.9 Å². The number of aromatic nitrogens is 1. The molecule has 0 spiro atoms. The van der Waals surface area contributed by atoms with Gasteiger partial charge in [-0.2, -0.15) is 0 Å². The summed E-state index contributed by atoms with van der Waals surface area (Å²) in [5.74, 6) is 1.64. The topological polar surface area (TPSA) is 36.4 Å². The third-order valence-electron chi connectivity index (χ3n) is 5.58. The Morgan fingerprint density at radius 1 is 1.10 bits per heavy atom. The molecule has 0 radical (unpaired) electrons. The van der Waals surface area contributed by atoms with Crippen LogP contribution in [0.4, 0.5) is 0 Å². The van der Waals surface area contributed by atoms with Crippen LogP contribution in [0, 0.1) is 0 Å². The van der Waals surface area contributed by atoms with Crippen LogP contribution in [0.3, 0.4) is 0 Å². The Kier molecular flexibility index (Phi) is 7.94. The van der Waals surface area contributed by atoms with Crippen molar-refractivity contribution in [2.24, 2.45) is 0 Å². The van der Waals surface area contributed by atoms with Crippen LogP contribution in [-0.2, 0) is 11.3 Å². The molecule has 2 aliphatic heterocycles. The quantitative estimate of drug-likeness (QED) is 0.412. The van der Waals surface area contributed by atoms with E-state index in [1.807, 2.05) is 27.7 Å². The molecular weight excluding hydrogens is 418 g/mol. The molecule has 0 bridgehead atoms. The van der Waals surface area contributed by atoms with Gasteiger partial charge in [-0.1, -0.05) is 58.3 Å². The number of amides is 1. The Morgan fingerprint density at radius 2 is 1.93 bits per heavy atom. The van der Waals surface area contributed by atoms with Crippen LogP contribution < -0.4 is 0 Å². The van der Waals surface area contributed by atoms with Gasteiger partial charge in [0.25, 0.3) is 0 Å². The molecule has 2 fully saturated rings. The first kappa shape index (κ1) is 21.2. The number of nitrogens with zero attached hydrogens (tertiary/aromatic N) is 3. The van der Waals surface area contributed by atoms with Crippen molar-refractivity contribution < 1.29 is 4.79 Å². The molecule has 2 aliphatic rings. The Morgan fingerprint density at radius 3 is 2.69 bits per heavy atom. The molecule has 29 heavy (non-hydrogen) atoms. The first-order valence-corrected chi connectivity index (χ1v) is 13.8. The fourth-order valence-corrected chi connectivity index (χ4v) is 7.69. The van der Waals surface area contributed by atoms with Crippen molar-refractivity contribution in [1.82, 2.24) is 14.8 Å². The van der Waals surface area contributed by atoms with Gasteiger partial charge in [-0.3, -0.25) is 9.69 Å². The van der Waals surface area contributed by atoms with Gasteiger partial charge >= 0.3 is 0 Å². The van der Waals surface area contributed by atoms with Gasteiger partial charge in [-0.05, 0) is 19.3 Å². The maximum atomic E-state index is 12.5. The van der Waals surface area contributed by atoms with E-state index in [0.717, 1.165) is 61.5 Å². The second-order valence-electron chi connectivity index (χ2n) is 7.74. The number of hydrogen-bond acceptors (Lipinski definition) is 6. The number of thiazole rings is 1. The lowest BCUT2D eigenvalue weighted by Gasteiger charge is -2.34. The molecule has 1 atom stereocenters. The lowest BCUT2D eigenvalue weighted by atomic mass is 10.1. The molecule has 1 unspecified atom stereocenters. The lowest BCUT2D eigenvalue weighted by Crippen LogP contribution is -2.48. The fraction of sp³-hybridized carbons (Fsp3) is 0.545. The molecule has 156 valence electrons. The van der Waals surface area contributed by atoms with Gasteiger partial charge in [0.2, 0.25) is 5.91 Å². The lowest BCUT2D eigenvalue weighted by molar-refractivity contribution is -0.133. The van der Waals surface area contributed by atoms with Gasteiger partial charge < -0.3 is 4.90 Å². The summed E-state index contributed by atoms with van der Waals surface area (Å²) in [4.78, 5) is 21.8. The van der Waals surface area contributed by atoms with E-state index in [1.165, 1.54) is 30.6 Å². The van der Waals surface area contributed by atoms with E-state index in [9.17, 15) is 4.79 Å². The molecule has 3 heterocycles. The summed E-state index contributed by atoms with van der Waals surface area (Å²) in [6.45, 7) is 4.47. The maximum absolute atomic E-state index is 12.5. The van der Waals surface area contributed by atoms with Gasteiger partial charge in [0, 0.05) is 61.1 Å². The highest BCUT2D eigenvalue weighted by Gasteiger charge is 2.22. The summed E-state index contributed by atoms with van der Waals surface area (Å²) < 4.78 is 0. The summed E-state index contributed by atoms with van der Waals surface area (Å²) >= 11 is 1.71. The molecule has 1 aromatic carbocycles. The zero-order chi connectivity index (χ0) is 19.9. The predicted molar refractivity (Wildman–Crippen MR) is 126 cm³/mol. The van der Waals surface area contributed by atoms with Crippen LogP contribution in [0.2, 0.25) is 0 Å². The number of carbonyl (C=O) groups is 1. The summed E-state index contributed by atoms with van der Waals surface area (Å²) in [7, 11) is 4.04. The van der Waals surface area contributed by atoms with Crippen LogP contribution in [-0.4, -0.2) is 57.9 Å². The molecule has 1 aromatic heterocycles. The number of hydrogen-bond donors (Lipinski definition) is 0. The van der Waals surface area contributed by atoms with Gasteiger partial charge in [-0.25, -0.2) is 4.98 Å². The van der Waals surface area contributed by atoms with E-state index in [2.05, 4.69) is 39.4 Å². The molecule has 0 N–H and O–H groups in total. The molecule has 4 rings (SSSR count). The minimum atomic E-state index is 0.345. The van der Waals surface area contributed by atoms with Crippen molar-refractivity contribution in [1.29, 1.82) is 0 Å². The minimum absolute atomic E-state index is 0.345. The molecule has 1 amide bonds. The van der Waals surface area contributed by atoms with Crippen molar-refractivity contribution in [3.63, 3.8) is 0 Å². The normalized spacial score (nSPS) is 20.3. The van der Waals surface area contributed by atoms with Crippen molar-refractivity contribution in [3.05, 3.63) is 41.4 Å². The second kappa shape index (κ2) is 10.8. The van der Waals surface area contributed by atoms with E-state index >= 15 is 0 Å². The molecule has 7 heteroatoms. The van der Waals surface area contributed by atoms with Crippen LogP contribution in [0.25, 0.3) is 10.6 Å². The Bertz CT molecular complexity index is 769. The SMILES string of the molecule is O=C(CCCCC1CCSS1)N1CCN(Cc2csc(-c3ccccc3)n2)CC1. The number of unbranched alkanes of at least 4 members (excludes halogenated alkanes) is 1. The zero-order valence-corrected chi connectivity index (χ0v) is 19.2. The van der Waals surface area contributed by atoms with Crippen LogP contribution in [0.15, 0.2) is 35.7 Å². The summed E-state index contributed by atoms with van der Waals surface area (Å²) in [6, 6.07) is 10.4. The number of benzene rings is 1. The second-order valence-corrected chi connectivity index (χ2v) is 11.4. The Balaban J connectivity index is 1.16. The Labute approximate surface area is 185 Å². The average Bonchev–Trinajstić information content (AvgIpc) is 3.44. The summed E-state index contributed by atoms with van der Waals surface area (Å²) in [5.41, 5.74) is 2.32. The highest BCUT2D eigenvalue weighted by molar-refractivity contribution is 8.77. The van der Waals surface area contributed by atoms with Gasteiger partial charge in [0.1, 0.15) is 5.01 Å². The standard InChI is InChI=1S/C22H29N3OS3/c26-21(9-5-4-8-20-10-15-28-29-20)25-13-11-24(12-14-25)16-19-17-27-22(23-19)18-6-2-1-3-7-18/h1-3,6-7,17,20H,4-5,8-16H2. The molecule has 0 saturated carbocycles. The molecule has 2 aromatic rings. The first-order chi connectivity index (χ1) is 14.3. The zero-order valence-electron chi connectivity index (χ0n) is 16.8. The van der Waals surface area contributed by atoms with E-state index in [0.29, 0.717) is 5.91 Å². The summed E-state index contributed by atoms with van der Waals surface area (Å²) in [5, 5.41) is 4.08. The molecule has 4 nitrogen and oxygen atoms in total. The number of carbonyl (C=O) groups excluding carboxylic acids is 1. The smallest absolute Gasteiger partial charge is 0.222 e. The highest BCUT2D eigenvalue weighted by Crippen LogP contribution is 2.39. The monoisotopic (exact) mass is 447 g/mol. The van der Waals surface area contributed by atoms with Crippen molar-refractivity contribution in [2.45, 2.75) is 43.9 Å². The van der Waals surface area contributed by atoms with E-state index in [-0.39, 0.29) is 0 Å². The van der Waals surface area contributed by atoms with Crippen molar-refractivity contribution in [2.75, 3.05) is 31.9 Å². The van der Waals surface area contributed by atoms with Crippen LogP contribution in [0.5, 0.6) is 0 Å². The first-order valence-electron chi connectivity index (χ1n) is 10.6. The van der Waals surface area contributed by atoms with Gasteiger partial charge in [0.05, 0.1) is 5.69 Å². The third kappa shape index (κ3) is 6.23. The van der Waals surface area contributed by atoms with E-state index in [4.69, 9.17) is 4.98 Å². The minimum Gasteiger partial charge on any atom is -0.340 e.